The number of rotatable bonds is 1. The third-order valence-electron chi connectivity index (χ3n) is 3.70. The van der Waals surface area contributed by atoms with E-state index >= 15 is 0 Å². The average molecular weight is 310 g/mol. The number of nitrogens with two attached hydrogens (primary N) is 1. The van der Waals surface area contributed by atoms with Gasteiger partial charge in [0.05, 0.1) is 16.4 Å². The van der Waals surface area contributed by atoms with Crippen LogP contribution < -0.4 is 5.73 Å². The summed E-state index contributed by atoms with van der Waals surface area (Å²) >= 11 is 5.98. The quantitative estimate of drug-likeness (QED) is 0.546. The van der Waals surface area contributed by atoms with Crippen molar-refractivity contribution in [2.45, 2.75) is 6.92 Å². The second-order valence-corrected chi connectivity index (χ2v) is 5.53. The zero-order valence-corrected chi connectivity index (χ0v) is 12.5. The molecule has 0 saturated heterocycles. The molecule has 108 valence electrons. The van der Waals surface area contributed by atoms with Gasteiger partial charge >= 0.3 is 0 Å². The van der Waals surface area contributed by atoms with Crippen molar-refractivity contribution in [2.24, 2.45) is 0 Å². The lowest BCUT2D eigenvalue weighted by Crippen LogP contribution is -1.99. The van der Waals surface area contributed by atoms with Gasteiger partial charge in [-0.25, -0.2) is 0 Å². The fourth-order valence-corrected chi connectivity index (χ4v) is 2.72. The van der Waals surface area contributed by atoms with Crippen LogP contribution in [0.3, 0.4) is 0 Å². The zero-order valence-electron chi connectivity index (χ0n) is 11.8. The van der Waals surface area contributed by atoms with E-state index in [1.54, 1.807) is 16.6 Å². The van der Waals surface area contributed by atoms with Crippen molar-refractivity contribution in [1.29, 1.82) is 0 Å². The molecule has 2 heterocycles. The standard InChI is InChI=1S/C16H12ClN5/c1-9-11-4-2-3-5-12(11)16-20-19-15(22(16)21-9)10-6-7-13(17)14(18)8-10/h2-8H,18H2,1H3. The number of nitrogen functional groups attached to an aromatic ring is 1. The van der Waals surface area contributed by atoms with E-state index in [0.717, 1.165) is 27.7 Å². The number of nitrogens with zero attached hydrogens (tertiary/aromatic N) is 4. The maximum Gasteiger partial charge on any atom is 0.186 e. The molecule has 0 spiro atoms. The number of fused-ring (bicyclic) bond motifs is 3. The van der Waals surface area contributed by atoms with E-state index in [1.165, 1.54) is 0 Å². The van der Waals surface area contributed by atoms with Crippen LogP contribution in [-0.2, 0) is 0 Å². The molecule has 6 heteroatoms. The van der Waals surface area contributed by atoms with Crippen LogP contribution >= 0.6 is 11.6 Å². The molecule has 2 N–H and O–H groups in total. The van der Waals surface area contributed by atoms with Gasteiger partial charge in [0.2, 0.25) is 0 Å². The van der Waals surface area contributed by atoms with Gasteiger partial charge in [0.25, 0.3) is 0 Å². The summed E-state index contributed by atoms with van der Waals surface area (Å²) in [6, 6.07) is 13.4. The lowest BCUT2D eigenvalue weighted by Gasteiger charge is -2.05. The molecule has 0 aliphatic carbocycles. The summed E-state index contributed by atoms with van der Waals surface area (Å²) in [6.07, 6.45) is 0. The third kappa shape index (κ3) is 1.83. The first-order valence-corrected chi connectivity index (χ1v) is 7.19. The van der Waals surface area contributed by atoms with Crippen molar-refractivity contribution in [1.82, 2.24) is 19.8 Å². The first-order valence-electron chi connectivity index (χ1n) is 6.81. The molecule has 0 atom stereocenters. The molecule has 0 aliphatic heterocycles. The highest BCUT2D eigenvalue weighted by atomic mass is 35.5. The van der Waals surface area contributed by atoms with Crippen LogP contribution in [0.1, 0.15) is 5.69 Å². The van der Waals surface area contributed by atoms with Crippen molar-refractivity contribution < 1.29 is 0 Å². The van der Waals surface area contributed by atoms with E-state index in [0.29, 0.717) is 16.5 Å². The van der Waals surface area contributed by atoms with Crippen LogP contribution in [0.4, 0.5) is 5.69 Å². The van der Waals surface area contributed by atoms with Gasteiger partial charge in [0.15, 0.2) is 11.5 Å². The Balaban J connectivity index is 2.06. The number of hydrogen-bond donors (Lipinski definition) is 1. The van der Waals surface area contributed by atoms with Crippen LogP contribution in [0.25, 0.3) is 27.8 Å². The van der Waals surface area contributed by atoms with Crippen molar-refractivity contribution in [3.05, 3.63) is 53.2 Å². The number of halogens is 1. The van der Waals surface area contributed by atoms with Crippen molar-refractivity contribution in [2.75, 3.05) is 5.73 Å². The summed E-state index contributed by atoms with van der Waals surface area (Å²) in [6.45, 7) is 1.97. The highest BCUT2D eigenvalue weighted by Crippen LogP contribution is 2.28. The maximum atomic E-state index is 5.98. The van der Waals surface area contributed by atoms with Gasteiger partial charge in [-0.2, -0.15) is 9.61 Å². The van der Waals surface area contributed by atoms with Crippen LogP contribution in [0.15, 0.2) is 42.5 Å². The molecule has 0 amide bonds. The van der Waals surface area contributed by atoms with Gasteiger partial charge in [0, 0.05) is 16.3 Å². The lowest BCUT2D eigenvalue weighted by molar-refractivity contribution is 0.915. The summed E-state index contributed by atoms with van der Waals surface area (Å²) in [4.78, 5) is 0. The summed E-state index contributed by atoms with van der Waals surface area (Å²) in [5, 5.41) is 15.8. The third-order valence-corrected chi connectivity index (χ3v) is 4.05. The largest absolute Gasteiger partial charge is 0.398 e. The smallest absolute Gasteiger partial charge is 0.186 e. The Labute approximate surface area is 131 Å². The monoisotopic (exact) mass is 309 g/mol. The lowest BCUT2D eigenvalue weighted by atomic mass is 10.1. The molecule has 0 aliphatic rings. The predicted molar refractivity (Wildman–Crippen MR) is 87.9 cm³/mol. The number of benzene rings is 2. The van der Waals surface area contributed by atoms with E-state index in [9.17, 15) is 0 Å². The molecular weight excluding hydrogens is 298 g/mol. The Morgan fingerprint density at radius 1 is 1.05 bits per heavy atom. The molecule has 4 aromatic rings. The fourth-order valence-electron chi connectivity index (χ4n) is 2.60. The van der Waals surface area contributed by atoms with Gasteiger partial charge in [-0.15, -0.1) is 10.2 Å². The molecule has 22 heavy (non-hydrogen) atoms. The zero-order chi connectivity index (χ0) is 15.3. The van der Waals surface area contributed by atoms with E-state index in [4.69, 9.17) is 17.3 Å². The Bertz CT molecular complexity index is 1020. The van der Waals surface area contributed by atoms with Gasteiger partial charge in [-0.1, -0.05) is 35.9 Å². The highest BCUT2D eigenvalue weighted by molar-refractivity contribution is 6.33. The average Bonchev–Trinajstić information content (AvgIpc) is 2.94. The molecular formula is C16H12ClN5. The minimum absolute atomic E-state index is 0.508. The Kier molecular flexibility index (Phi) is 2.77. The second kappa shape index (κ2) is 4.68. The van der Waals surface area contributed by atoms with Gasteiger partial charge in [-0.05, 0) is 25.1 Å². The van der Waals surface area contributed by atoms with Crippen LogP contribution in [0.2, 0.25) is 5.02 Å². The maximum absolute atomic E-state index is 5.98. The summed E-state index contributed by atoms with van der Waals surface area (Å²) in [7, 11) is 0. The highest BCUT2D eigenvalue weighted by Gasteiger charge is 2.14. The normalized spacial score (nSPS) is 11.4. The SMILES string of the molecule is Cc1nn2c(-c3ccc(Cl)c(N)c3)nnc2c2ccccc12. The van der Waals surface area contributed by atoms with E-state index < -0.39 is 0 Å². The first-order chi connectivity index (χ1) is 10.6. The van der Waals surface area contributed by atoms with E-state index in [1.807, 2.05) is 37.3 Å². The van der Waals surface area contributed by atoms with Crippen molar-refractivity contribution in [3.8, 4) is 11.4 Å². The van der Waals surface area contributed by atoms with Crippen molar-refractivity contribution in [3.63, 3.8) is 0 Å². The van der Waals surface area contributed by atoms with Crippen LogP contribution in [0.5, 0.6) is 0 Å². The first kappa shape index (κ1) is 13.0. The predicted octanol–water partition coefficient (Wildman–Crippen LogP) is 3.49. The van der Waals surface area contributed by atoms with Crippen LogP contribution in [-0.4, -0.2) is 19.8 Å². The van der Waals surface area contributed by atoms with Gasteiger partial charge < -0.3 is 5.73 Å². The van der Waals surface area contributed by atoms with Crippen LogP contribution in [0, 0.1) is 6.92 Å². The second-order valence-electron chi connectivity index (χ2n) is 5.13. The Morgan fingerprint density at radius 3 is 2.59 bits per heavy atom. The molecule has 4 rings (SSSR count). The van der Waals surface area contributed by atoms with Gasteiger partial charge in [0.1, 0.15) is 0 Å². The molecule has 2 aromatic heterocycles. The molecule has 0 fully saturated rings. The number of aryl methyl sites for hydroxylation is 1. The fraction of sp³-hybridized carbons (Fsp3) is 0.0625. The Morgan fingerprint density at radius 2 is 1.82 bits per heavy atom. The molecule has 0 bridgehead atoms. The van der Waals surface area contributed by atoms with E-state index in [-0.39, 0.29) is 0 Å². The topological polar surface area (TPSA) is 69.1 Å². The molecule has 0 radical (unpaired) electrons. The van der Waals surface area contributed by atoms with E-state index in [2.05, 4.69) is 15.3 Å². The summed E-state index contributed by atoms with van der Waals surface area (Å²) < 4.78 is 1.75. The molecule has 2 aromatic carbocycles. The molecule has 5 nitrogen and oxygen atoms in total. The minimum Gasteiger partial charge on any atom is -0.398 e. The molecule has 0 saturated carbocycles. The summed E-state index contributed by atoms with van der Waals surface area (Å²) in [5.74, 6) is 0.646. The van der Waals surface area contributed by atoms with Gasteiger partial charge in [-0.3, -0.25) is 0 Å². The minimum atomic E-state index is 0.508. The number of aromatic nitrogens is 4. The molecule has 0 unspecified atom stereocenters. The van der Waals surface area contributed by atoms with Crippen molar-refractivity contribution >= 4 is 33.7 Å². The number of anilines is 1. The number of hydrogen-bond acceptors (Lipinski definition) is 4. The summed E-state index contributed by atoms with van der Waals surface area (Å²) in [5.41, 5.74) is 8.87. The Hall–Kier alpha value is -2.66.